The summed E-state index contributed by atoms with van der Waals surface area (Å²) in [7, 11) is 0. The van der Waals surface area contributed by atoms with Gasteiger partial charge in [0.1, 0.15) is 11.6 Å². The molecule has 0 bridgehead atoms. The number of alkyl carbamates (subject to hydrolysis) is 1. The van der Waals surface area contributed by atoms with Crippen molar-refractivity contribution in [3.8, 4) is 0 Å². The molecule has 2 amide bonds. The average Bonchev–Trinajstić information content (AvgIpc) is 3.04. The molecule has 0 aliphatic heterocycles. The molecule has 3 N–H and O–H groups in total. The summed E-state index contributed by atoms with van der Waals surface area (Å²) in [6.45, 7) is 4.55. The lowest BCUT2D eigenvalue weighted by Gasteiger charge is -2.23. The van der Waals surface area contributed by atoms with Gasteiger partial charge in [0.2, 0.25) is 16.9 Å². The number of aromatic nitrogens is 2. The number of aromatic amines is 1. The Hall–Kier alpha value is -2.61. The van der Waals surface area contributed by atoms with Gasteiger partial charge >= 0.3 is 6.09 Å². The number of anilines is 1. The van der Waals surface area contributed by atoms with Crippen LogP contribution in [0.2, 0.25) is 0 Å². The first-order valence-electron chi connectivity index (χ1n) is 8.16. The number of ether oxygens (including phenoxy) is 1. The molecule has 14 heteroatoms. The first kappa shape index (κ1) is 23.7. The fourth-order valence-electron chi connectivity index (χ4n) is 2.17. The standard InChI is InChI=1S/C16H15F5N4O3S2/c1-16(2,3)28-14(27)22-6(12(26)23-13-24-25-15(29)30-13)4-5-7(17)9(19)11(21)10(20)8(5)18/h6H,4H2,1-3H3,(H,22,27)(H,25,29)(H,23,24,26)/t6-/m0/s1. The third kappa shape index (κ3) is 5.72. The summed E-state index contributed by atoms with van der Waals surface area (Å²) in [6.07, 6.45) is -2.21. The van der Waals surface area contributed by atoms with Crippen LogP contribution in [0.25, 0.3) is 0 Å². The summed E-state index contributed by atoms with van der Waals surface area (Å²) in [5, 5.41) is 10.3. The normalized spacial score (nSPS) is 12.4. The van der Waals surface area contributed by atoms with Crippen LogP contribution < -0.4 is 10.6 Å². The van der Waals surface area contributed by atoms with Crippen molar-refractivity contribution in [3.63, 3.8) is 0 Å². The van der Waals surface area contributed by atoms with Gasteiger partial charge in [0, 0.05) is 12.0 Å². The van der Waals surface area contributed by atoms with E-state index in [2.05, 4.69) is 20.8 Å². The Morgan fingerprint density at radius 1 is 1.10 bits per heavy atom. The predicted octanol–water partition coefficient (Wildman–Crippen LogP) is 3.97. The lowest BCUT2D eigenvalue weighted by atomic mass is 10.0. The fraction of sp³-hybridized carbons (Fsp3) is 0.375. The number of hydrogen-bond donors (Lipinski definition) is 3. The van der Waals surface area contributed by atoms with E-state index in [0.29, 0.717) is 0 Å². The van der Waals surface area contributed by atoms with Crippen LogP contribution in [0.3, 0.4) is 0 Å². The Labute approximate surface area is 175 Å². The van der Waals surface area contributed by atoms with Crippen molar-refractivity contribution in [2.24, 2.45) is 0 Å². The minimum Gasteiger partial charge on any atom is -0.444 e. The molecule has 0 aliphatic rings. The molecule has 30 heavy (non-hydrogen) atoms. The fourth-order valence-corrected chi connectivity index (χ4v) is 2.96. The second kappa shape index (κ2) is 9.04. The zero-order valence-electron chi connectivity index (χ0n) is 15.7. The van der Waals surface area contributed by atoms with E-state index in [1.165, 1.54) is 20.8 Å². The molecule has 1 atom stereocenters. The largest absolute Gasteiger partial charge is 0.444 e. The molecule has 0 unspecified atom stereocenters. The van der Waals surface area contributed by atoms with Crippen molar-refractivity contribution in [1.82, 2.24) is 15.5 Å². The van der Waals surface area contributed by atoms with E-state index in [9.17, 15) is 31.5 Å². The number of rotatable bonds is 5. The third-order valence-corrected chi connectivity index (χ3v) is 4.39. The van der Waals surface area contributed by atoms with Gasteiger partial charge in [-0.05, 0) is 33.0 Å². The molecule has 1 aromatic heterocycles. The van der Waals surface area contributed by atoms with Crippen molar-refractivity contribution >= 4 is 40.7 Å². The van der Waals surface area contributed by atoms with Gasteiger partial charge in [0.25, 0.3) is 0 Å². The molecule has 7 nitrogen and oxygen atoms in total. The Balaban J connectivity index is 2.37. The van der Waals surface area contributed by atoms with E-state index in [1.54, 1.807) is 0 Å². The second-order valence-corrected chi connectivity index (χ2v) is 8.52. The van der Waals surface area contributed by atoms with Crippen molar-refractivity contribution in [2.45, 2.75) is 38.8 Å². The number of carbonyl (C=O) groups excluding carboxylic acids is 2. The first-order valence-corrected chi connectivity index (χ1v) is 9.38. The Bertz CT molecular complexity index is 1010. The molecule has 0 aliphatic carbocycles. The van der Waals surface area contributed by atoms with Crippen LogP contribution in [0.1, 0.15) is 26.3 Å². The van der Waals surface area contributed by atoms with Crippen LogP contribution in [-0.4, -0.2) is 33.8 Å². The molecule has 1 aromatic carbocycles. The maximum absolute atomic E-state index is 14.0. The molecule has 0 saturated carbocycles. The summed E-state index contributed by atoms with van der Waals surface area (Å²) in [5.41, 5.74) is -2.27. The second-order valence-electron chi connectivity index (χ2n) is 6.86. The minimum absolute atomic E-state index is 0.0431. The lowest BCUT2D eigenvalue weighted by Crippen LogP contribution is -2.47. The molecule has 164 valence electrons. The summed E-state index contributed by atoms with van der Waals surface area (Å²) < 4.78 is 73.5. The molecule has 2 rings (SSSR count). The maximum atomic E-state index is 14.0. The SMILES string of the molecule is CC(C)(C)OC(=O)N[C@@H](Cc1c(F)c(F)c(F)c(F)c1F)C(=O)Nc1n[nH]c(=S)s1. The lowest BCUT2D eigenvalue weighted by molar-refractivity contribution is -0.118. The predicted molar refractivity (Wildman–Crippen MR) is 99.0 cm³/mol. The molecule has 0 saturated heterocycles. The number of benzene rings is 1. The molecule has 1 heterocycles. The number of halogens is 5. The van der Waals surface area contributed by atoms with Crippen LogP contribution in [0.5, 0.6) is 0 Å². The molecular formula is C16H15F5N4O3S2. The van der Waals surface area contributed by atoms with E-state index in [0.717, 1.165) is 11.3 Å². The quantitative estimate of drug-likeness (QED) is 0.266. The van der Waals surface area contributed by atoms with E-state index < -0.39 is 64.7 Å². The number of nitrogens with zero attached hydrogens (tertiary/aromatic N) is 1. The number of H-pyrrole nitrogens is 1. The number of nitrogens with one attached hydrogen (secondary N) is 3. The minimum atomic E-state index is -2.34. The molecular weight excluding hydrogens is 455 g/mol. The van der Waals surface area contributed by atoms with Gasteiger partial charge in [0.15, 0.2) is 27.2 Å². The van der Waals surface area contributed by atoms with Gasteiger partial charge in [0.05, 0.1) is 0 Å². The zero-order valence-corrected chi connectivity index (χ0v) is 17.3. The van der Waals surface area contributed by atoms with Crippen molar-refractivity contribution in [2.75, 3.05) is 5.32 Å². The number of amides is 2. The van der Waals surface area contributed by atoms with E-state index >= 15 is 0 Å². The van der Waals surface area contributed by atoms with Gasteiger partial charge in [-0.1, -0.05) is 11.3 Å². The maximum Gasteiger partial charge on any atom is 0.408 e. The summed E-state index contributed by atoms with van der Waals surface area (Å²) in [5.74, 6) is -12.0. The molecule has 2 aromatic rings. The highest BCUT2D eigenvalue weighted by Crippen LogP contribution is 2.24. The van der Waals surface area contributed by atoms with E-state index in [4.69, 9.17) is 17.0 Å². The van der Waals surface area contributed by atoms with Gasteiger partial charge in [-0.15, -0.1) is 5.10 Å². The Morgan fingerprint density at radius 2 is 1.63 bits per heavy atom. The van der Waals surface area contributed by atoms with Gasteiger partial charge in [-0.2, -0.15) is 0 Å². The van der Waals surface area contributed by atoms with Crippen LogP contribution in [0, 0.1) is 33.0 Å². The highest BCUT2D eigenvalue weighted by atomic mass is 32.1. The summed E-state index contributed by atoms with van der Waals surface area (Å²) in [6, 6.07) is -1.77. The van der Waals surface area contributed by atoms with Crippen molar-refractivity contribution in [3.05, 3.63) is 38.6 Å². The smallest absolute Gasteiger partial charge is 0.408 e. The van der Waals surface area contributed by atoms with Crippen molar-refractivity contribution in [1.29, 1.82) is 0 Å². The van der Waals surface area contributed by atoms with Crippen LogP contribution >= 0.6 is 23.6 Å². The molecule has 0 radical (unpaired) electrons. The highest BCUT2D eigenvalue weighted by Gasteiger charge is 2.31. The topological polar surface area (TPSA) is 96.1 Å². The monoisotopic (exact) mass is 470 g/mol. The Morgan fingerprint density at radius 3 is 2.10 bits per heavy atom. The average molecular weight is 470 g/mol. The van der Waals surface area contributed by atoms with E-state index in [1.807, 2.05) is 0 Å². The van der Waals surface area contributed by atoms with Crippen LogP contribution in [0.15, 0.2) is 0 Å². The molecule has 0 spiro atoms. The summed E-state index contributed by atoms with van der Waals surface area (Å²) in [4.78, 5) is 24.6. The van der Waals surface area contributed by atoms with Crippen LogP contribution in [0.4, 0.5) is 31.9 Å². The highest BCUT2D eigenvalue weighted by molar-refractivity contribution is 7.73. The van der Waals surface area contributed by atoms with Gasteiger partial charge < -0.3 is 10.1 Å². The molecule has 0 fully saturated rings. The van der Waals surface area contributed by atoms with Gasteiger partial charge in [-0.3, -0.25) is 15.2 Å². The first-order chi connectivity index (χ1) is 13.8. The zero-order chi connectivity index (χ0) is 22.8. The van der Waals surface area contributed by atoms with Crippen molar-refractivity contribution < 1.29 is 36.3 Å². The third-order valence-electron chi connectivity index (χ3n) is 3.38. The Kier molecular flexibility index (Phi) is 7.13. The van der Waals surface area contributed by atoms with E-state index in [-0.39, 0.29) is 9.09 Å². The number of carbonyl (C=O) groups is 2. The summed E-state index contributed by atoms with van der Waals surface area (Å²) >= 11 is 5.64. The van der Waals surface area contributed by atoms with Gasteiger partial charge in [-0.25, -0.2) is 26.7 Å². The van der Waals surface area contributed by atoms with Crippen LogP contribution in [-0.2, 0) is 16.0 Å². The number of hydrogen-bond acceptors (Lipinski definition) is 6.